The molecule has 3 saturated carbocycles. The molecule has 0 aromatic heterocycles. The zero-order valence-electron chi connectivity index (χ0n) is 10.8. The van der Waals surface area contributed by atoms with Crippen LogP contribution in [0.2, 0.25) is 0 Å². The lowest BCUT2D eigenvalue weighted by Crippen LogP contribution is -2.18. The quantitative estimate of drug-likeness (QED) is 0.532. The summed E-state index contributed by atoms with van der Waals surface area (Å²) in [5.74, 6) is 5.09. The molecule has 0 aromatic rings. The summed E-state index contributed by atoms with van der Waals surface area (Å²) >= 11 is 0. The van der Waals surface area contributed by atoms with Crippen LogP contribution in [0.4, 0.5) is 0 Å². The Labute approximate surface area is 95.8 Å². The molecule has 0 saturated heterocycles. The number of hydrogen-bond acceptors (Lipinski definition) is 0. The van der Waals surface area contributed by atoms with Crippen molar-refractivity contribution in [3.63, 3.8) is 0 Å². The van der Waals surface area contributed by atoms with Crippen LogP contribution in [0.25, 0.3) is 0 Å². The van der Waals surface area contributed by atoms with Crippen molar-refractivity contribution in [2.24, 2.45) is 29.6 Å². The highest BCUT2D eigenvalue weighted by atomic mass is 14.3. The molecule has 0 aromatic carbocycles. The van der Waals surface area contributed by atoms with E-state index in [1.54, 1.807) is 0 Å². The van der Waals surface area contributed by atoms with Crippen LogP contribution in [0.5, 0.6) is 0 Å². The van der Waals surface area contributed by atoms with Gasteiger partial charge in [-0.25, -0.2) is 0 Å². The Kier molecular flexibility index (Phi) is 3.74. The van der Waals surface area contributed by atoms with Crippen molar-refractivity contribution < 1.29 is 0 Å². The Bertz CT molecular complexity index is 179. The maximum Gasteiger partial charge on any atom is -0.0407 e. The van der Waals surface area contributed by atoms with E-state index in [4.69, 9.17) is 0 Å². The molecule has 3 fully saturated rings. The van der Waals surface area contributed by atoms with Crippen LogP contribution in [-0.4, -0.2) is 0 Å². The summed E-state index contributed by atoms with van der Waals surface area (Å²) in [4.78, 5) is 0. The van der Waals surface area contributed by atoms with Crippen molar-refractivity contribution in [2.75, 3.05) is 0 Å². The molecule has 0 heteroatoms. The van der Waals surface area contributed by atoms with Crippen molar-refractivity contribution in [3.8, 4) is 0 Å². The average Bonchev–Trinajstić information content (AvgIpc) is 2.19. The monoisotopic (exact) mass is 208 g/mol. The predicted octanol–water partition coefficient (Wildman–Crippen LogP) is 4.89. The Morgan fingerprint density at radius 1 is 0.533 bits per heavy atom. The standard InChI is InChI=1S/C15H28/c1-11-4-5-14-7-12(2)9-15(6-11)10-13(3)8-14/h11-15H,4-10H2,1-3H3/t11-,12-,13+,14?,15?/m1/s1. The molecule has 0 amide bonds. The van der Waals surface area contributed by atoms with Crippen molar-refractivity contribution in [1.29, 1.82) is 0 Å². The fourth-order valence-corrected chi connectivity index (χ4v) is 4.30. The molecule has 0 heterocycles. The minimum absolute atomic E-state index is 0.994. The van der Waals surface area contributed by atoms with Gasteiger partial charge in [0.25, 0.3) is 0 Å². The van der Waals surface area contributed by atoms with Crippen LogP contribution in [0.15, 0.2) is 0 Å². The van der Waals surface area contributed by atoms with Crippen molar-refractivity contribution in [1.82, 2.24) is 0 Å². The Morgan fingerprint density at radius 2 is 1.00 bits per heavy atom. The van der Waals surface area contributed by atoms with E-state index in [2.05, 4.69) is 20.8 Å². The van der Waals surface area contributed by atoms with Crippen molar-refractivity contribution >= 4 is 0 Å². The summed E-state index contributed by atoms with van der Waals surface area (Å²) in [6.07, 6.45) is 10.6. The normalized spacial score (nSPS) is 47.8. The van der Waals surface area contributed by atoms with Crippen LogP contribution in [0.3, 0.4) is 0 Å². The molecule has 2 bridgehead atoms. The summed E-state index contributed by atoms with van der Waals surface area (Å²) in [6.45, 7) is 7.47. The minimum Gasteiger partial charge on any atom is -0.0625 e. The maximum absolute atomic E-state index is 2.49. The van der Waals surface area contributed by atoms with Gasteiger partial charge in [-0.05, 0) is 61.7 Å². The minimum atomic E-state index is 0.994. The number of rotatable bonds is 0. The largest absolute Gasteiger partial charge is 0.0625 e. The molecule has 3 aliphatic carbocycles. The molecule has 3 rings (SSSR count). The molecule has 0 nitrogen and oxygen atoms in total. The van der Waals surface area contributed by atoms with E-state index in [-0.39, 0.29) is 0 Å². The fourth-order valence-electron chi connectivity index (χ4n) is 4.30. The Morgan fingerprint density at radius 3 is 1.60 bits per heavy atom. The second kappa shape index (κ2) is 4.89. The third-order valence-corrected chi connectivity index (χ3v) is 4.75. The zero-order chi connectivity index (χ0) is 10.8. The van der Waals surface area contributed by atoms with Gasteiger partial charge >= 0.3 is 0 Å². The van der Waals surface area contributed by atoms with Gasteiger partial charge in [-0.2, -0.15) is 0 Å². The summed E-state index contributed by atoms with van der Waals surface area (Å²) in [6, 6.07) is 0. The highest BCUT2D eigenvalue weighted by molar-refractivity contribution is 4.80. The lowest BCUT2D eigenvalue weighted by atomic mass is 9.76. The van der Waals surface area contributed by atoms with Crippen molar-refractivity contribution in [3.05, 3.63) is 0 Å². The molecule has 0 radical (unpaired) electrons. The predicted molar refractivity (Wildman–Crippen MR) is 66.8 cm³/mol. The lowest BCUT2D eigenvalue weighted by molar-refractivity contribution is 0.213. The van der Waals surface area contributed by atoms with E-state index < -0.39 is 0 Å². The molecular formula is C15H28. The third-order valence-electron chi connectivity index (χ3n) is 4.75. The van der Waals surface area contributed by atoms with Gasteiger partial charge in [0, 0.05) is 0 Å². The zero-order valence-corrected chi connectivity index (χ0v) is 10.8. The topological polar surface area (TPSA) is 0 Å². The smallest absolute Gasteiger partial charge is 0.0407 e. The number of fused-ring (bicyclic) bond motifs is 7. The van der Waals surface area contributed by atoms with Gasteiger partial charge in [-0.15, -0.1) is 0 Å². The Balaban J connectivity index is 2.11. The first-order chi connectivity index (χ1) is 7.13. The van der Waals surface area contributed by atoms with Crippen molar-refractivity contribution in [2.45, 2.75) is 65.7 Å². The fraction of sp³-hybridized carbons (Fsp3) is 1.00. The van der Waals surface area contributed by atoms with Gasteiger partial charge in [0.2, 0.25) is 0 Å². The second-order valence-corrected chi connectivity index (χ2v) is 6.80. The molecular weight excluding hydrogens is 180 g/mol. The van der Waals surface area contributed by atoms with Gasteiger partial charge in [0.1, 0.15) is 0 Å². The van der Waals surface area contributed by atoms with Gasteiger partial charge in [0.05, 0.1) is 0 Å². The summed E-state index contributed by atoms with van der Waals surface area (Å²) < 4.78 is 0. The first-order valence-electron chi connectivity index (χ1n) is 7.13. The van der Waals surface area contributed by atoms with E-state index in [9.17, 15) is 0 Å². The van der Waals surface area contributed by atoms with E-state index in [1.807, 2.05) is 0 Å². The molecule has 0 spiro atoms. The molecule has 0 aliphatic heterocycles. The van der Waals surface area contributed by atoms with Crippen LogP contribution in [0.1, 0.15) is 65.7 Å². The van der Waals surface area contributed by atoms with Gasteiger partial charge in [-0.1, -0.05) is 33.6 Å². The van der Waals surface area contributed by atoms with E-state index >= 15 is 0 Å². The molecule has 2 unspecified atom stereocenters. The summed E-state index contributed by atoms with van der Waals surface area (Å²) in [5, 5.41) is 0. The van der Waals surface area contributed by atoms with Crippen LogP contribution >= 0.6 is 0 Å². The first kappa shape index (κ1) is 11.5. The highest BCUT2D eigenvalue weighted by Crippen LogP contribution is 2.40. The molecule has 0 N–H and O–H groups in total. The second-order valence-electron chi connectivity index (χ2n) is 6.80. The molecule has 88 valence electrons. The highest BCUT2D eigenvalue weighted by Gasteiger charge is 2.28. The van der Waals surface area contributed by atoms with Gasteiger partial charge < -0.3 is 0 Å². The van der Waals surface area contributed by atoms with Crippen LogP contribution in [-0.2, 0) is 0 Å². The first-order valence-corrected chi connectivity index (χ1v) is 7.13. The van der Waals surface area contributed by atoms with E-state index in [0.717, 1.165) is 29.6 Å². The van der Waals surface area contributed by atoms with Gasteiger partial charge in [0.15, 0.2) is 0 Å². The maximum atomic E-state index is 2.49. The average molecular weight is 208 g/mol. The van der Waals surface area contributed by atoms with E-state index in [1.165, 1.54) is 44.9 Å². The molecule has 3 aliphatic rings. The molecule has 15 heavy (non-hydrogen) atoms. The SMILES string of the molecule is C[C@@H]1CC2CC[C@@H](C)CC(C1)C[C@@H](C)C2. The van der Waals surface area contributed by atoms with Gasteiger partial charge in [-0.3, -0.25) is 0 Å². The summed E-state index contributed by atoms with van der Waals surface area (Å²) in [5.41, 5.74) is 0. The summed E-state index contributed by atoms with van der Waals surface area (Å²) in [7, 11) is 0. The van der Waals surface area contributed by atoms with Crippen LogP contribution < -0.4 is 0 Å². The Hall–Kier alpha value is 0. The third kappa shape index (κ3) is 3.23. The van der Waals surface area contributed by atoms with E-state index in [0.29, 0.717) is 0 Å². The van der Waals surface area contributed by atoms with Crippen LogP contribution in [0, 0.1) is 29.6 Å². The lowest BCUT2D eigenvalue weighted by Gasteiger charge is -2.30. The molecule has 5 atom stereocenters. The number of hydrogen-bond donors (Lipinski definition) is 0.